The van der Waals surface area contributed by atoms with Crippen molar-refractivity contribution in [2.24, 2.45) is 0 Å². The summed E-state index contributed by atoms with van der Waals surface area (Å²) >= 11 is 0. The van der Waals surface area contributed by atoms with Gasteiger partial charge in [-0.25, -0.2) is 13.6 Å². The molecule has 0 atom stereocenters. The summed E-state index contributed by atoms with van der Waals surface area (Å²) in [5.41, 5.74) is 0.417. The summed E-state index contributed by atoms with van der Waals surface area (Å²) in [7, 11) is 0. The molecule has 0 aliphatic carbocycles. The van der Waals surface area contributed by atoms with E-state index in [0.29, 0.717) is 10.6 Å². The maximum Gasteiger partial charge on any atom is 0.333 e. The van der Waals surface area contributed by atoms with Gasteiger partial charge < -0.3 is 4.84 Å². The molecule has 1 saturated heterocycles. The third kappa shape index (κ3) is 3.17. The van der Waals surface area contributed by atoms with Gasteiger partial charge in [-0.15, -0.1) is 5.06 Å². The number of amides is 2. The molecule has 0 bridgehead atoms. The predicted octanol–water partition coefficient (Wildman–Crippen LogP) is 1.50. The number of hydroxylamine groups is 2. The second kappa shape index (κ2) is 5.77. The normalized spacial score (nSPS) is 14.8. The first-order chi connectivity index (χ1) is 9.47. The number of hydrogen-bond donors (Lipinski definition) is 0. The van der Waals surface area contributed by atoms with Crippen LogP contribution in [0.4, 0.5) is 8.78 Å². The van der Waals surface area contributed by atoms with Gasteiger partial charge in [-0.2, -0.15) is 0 Å². The molecular formula is C13H11F2NO4. The number of halogens is 2. The van der Waals surface area contributed by atoms with Crippen molar-refractivity contribution in [2.45, 2.75) is 25.7 Å². The van der Waals surface area contributed by atoms with E-state index in [9.17, 15) is 23.2 Å². The zero-order valence-electron chi connectivity index (χ0n) is 10.4. The van der Waals surface area contributed by atoms with Crippen LogP contribution >= 0.6 is 0 Å². The average Bonchev–Trinajstić information content (AvgIpc) is 2.72. The van der Waals surface area contributed by atoms with Crippen LogP contribution in [-0.4, -0.2) is 22.8 Å². The molecule has 0 aromatic heterocycles. The minimum atomic E-state index is -0.999. The Kier molecular flexibility index (Phi) is 4.07. The van der Waals surface area contributed by atoms with Crippen LogP contribution in [0, 0.1) is 11.6 Å². The molecule has 1 heterocycles. The molecule has 0 radical (unpaired) electrons. The fourth-order valence-corrected chi connectivity index (χ4v) is 1.75. The molecule has 1 aliphatic heterocycles. The van der Waals surface area contributed by atoms with Gasteiger partial charge in [0.1, 0.15) is 0 Å². The minimum absolute atomic E-state index is 0.0231. The second-order valence-corrected chi connectivity index (χ2v) is 4.29. The molecule has 2 rings (SSSR count). The number of carbonyl (C=O) groups excluding carboxylic acids is 3. The first kappa shape index (κ1) is 14.1. The maximum atomic E-state index is 12.9. The number of carbonyl (C=O) groups is 3. The van der Waals surface area contributed by atoms with Crippen molar-refractivity contribution in [3.8, 4) is 0 Å². The number of benzene rings is 1. The first-order valence-corrected chi connectivity index (χ1v) is 5.98. The van der Waals surface area contributed by atoms with Gasteiger partial charge >= 0.3 is 5.97 Å². The number of imide groups is 1. The highest BCUT2D eigenvalue weighted by atomic mass is 19.2. The quantitative estimate of drug-likeness (QED) is 0.786. The van der Waals surface area contributed by atoms with Gasteiger partial charge in [-0.3, -0.25) is 9.59 Å². The third-order valence-electron chi connectivity index (χ3n) is 2.80. The van der Waals surface area contributed by atoms with Crippen LogP contribution in [-0.2, 0) is 25.6 Å². The molecule has 20 heavy (non-hydrogen) atoms. The molecule has 5 nitrogen and oxygen atoms in total. The van der Waals surface area contributed by atoms with Crippen LogP contribution in [0.15, 0.2) is 18.2 Å². The molecule has 0 unspecified atom stereocenters. The summed E-state index contributed by atoms with van der Waals surface area (Å²) < 4.78 is 25.7. The summed E-state index contributed by atoms with van der Waals surface area (Å²) in [5, 5.41) is 0.452. The van der Waals surface area contributed by atoms with Crippen LogP contribution in [0.1, 0.15) is 24.8 Å². The van der Waals surface area contributed by atoms with Gasteiger partial charge in [-0.1, -0.05) is 6.07 Å². The lowest BCUT2D eigenvalue weighted by Crippen LogP contribution is -2.32. The molecule has 7 heteroatoms. The van der Waals surface area contributed by atoms with Crippen molar-refractivity contribution in [2.75, 3.05) is 0 Å². The van der Waals surface area contributed by atoms with Crippen molar-refractivity contribution >= 4 is 17.8 Å². The topological polar surface area (TPSA) is 63.7 Å². The largest absolute Gasteiger partial charge is 0.333 e. The van der Waals surface area contributed by atoms with E-state index in [2.05, 4.69) is 4.84 Å². The lowest BCUT2D eigenvalue weighted by atomic mass is 10.1. The average molecular weight is 283 g/mol. The molecule has 1 aromatic rings. The SMILES string of the molecule is O=C(CCc1ccc(F)c(F)c1)ON1C(=O)CCC1=O. The van der Waals surface area contributed by atoms with E-state index in [-0.39, 0.29) is 25.7 Å². The highest BCUT2D eigenvalue weighted by Gasteiger charge is 2.32. The monoisotopic (exact) mass is 283 g/mol. The minimum Gasteiger partial charge on any atom is -0.330 e. The molecule has 0 spiro atoms. The summed E-state index contributed by atoms with van der Waals surface area (Å²) in [6.45, 7) is 0. The molecular weight excluding hydrogens is 272 g/mol. The first-order valence-electron chi connectivity index (χ1n) is 5.98. The Balaban J connectivity index is 1.87. The smallest absolute Gasteiger partial charge is 0.330 e. The molecule has 2 amide bonds. The fourth-order valence-electron chi connectivity index (χ4n) is 1.75. The zero-order chi connectivity index (χ0) is 14.7. The van der Waals surface area contributed by atoms with E-state index >= 15 is 0 Å². The summed E-state index contributed by atoms with van der Waals surface area (Å²) in [5.74, 6) is -3.86. The summed E-state index contributed by atoms with van der Waals surface area (Å²) in [6, 6.07) is 3.29. The van der Waals surface area contributed by atoms with Crippen molar-refractivity contribution < 1.29 is 28.0 Å². The van der Waals surface area contributed by atoms with E-state index in [1.54, 1.807) is 0 Å². The molecule has 106 valence electrons. The fraction of sp³-hybridized carbons (Fsp3) is 0.308. The van der Waals surface area contributed by atoms with Crippen LogP contribution < -0.4 is 0 Å². The van der Waals surface area contributed by atoms with Crippen LogP contribution in [0.5, 0.6) is 0 Å². The van der Waals surface area contributed by atoms with E-state index in [1.165, 1.54) is 6.07 Å². The van der Waals surface area contributed by atoms with Crippen LogP contribution in [0.3, 0.4) is 0 Å². The third-order valence-corrected chi connectivity index (χ3v) is 2.80. The Morgan fingerprint density at radius 2 is 1.80 bits per heavy atom. The highest BCUT2D eigenvalue weighted by molar-refractivity contribution is 6.01. The van der Waals surface area contributed by atoms with E-state index in [1.807, 2.05) is 0 Å². The highest BCUT2D eigenvalue weighted by Crippen LogP contribution is 2.14. The molecule has 0 N–H and O–H groups in total. The van der Waals surface area contributed by atoms with Gasteiger partial charge in [0.25, 0.3) is 11.8 Å². The van der Waals surface area contributed by atoms with Crippen LogP contribution in [0.25, 0.3) is 0 Å². The van der Waals surface area contributed by atoms with E-state index in [4.69, 9.17) is 0 Å². The lowest BCUT2D eigenvalue weighted by Gasteiger charge is -2.12. The van der Waals surface area contributed by atoms with Gasteiger partial charge in [0, 0.05) is 12.8 Å². The van der Waals surface area contributed by atoms with Crippen molar-refractivity contribution in [1.29, 1.82) is 0 Å². The Bertz CT molecular complexity index is 557. The lowest BCUT2D eigenvalue weighted by molar-refractivity contribution is -0.197. The van der Waals surface area contributed by atoms with Gasteiger partial charge in [0.05, 0.1) is 6.42 Å². The Morgan fingerprint density at radius 1 is 1.15 bits per heavy atom. The molecule has 1 aliphatic rings. The number of rotatable bonds is 4. The second-order valence-electron chi connectivity index (χ2n) is 4.29. The maximum absolute atomic E-state index is 12.9. The molecule has 1 fully saturated rings. The van der Waals surface area contributed by atoms with Crippen molar-refractivity contribution in [3.63, 3.8) is 0 Å². The Labute approximate surface area is 113 Å². The van der Waals surface area contributed by atoms with Crippen molar-refractivity contribution in [1.82, 2.24) is 5.06 Å². The molecule has 0 saturated carbocycles. The van der Waals surface area contributed by atoms with E-state index < -0.39 is 29.4 Å². The van der Waals surface area contributed by atoms with E-state index in [0.717, 1.165) is 12.1 Å². The number of aryl methyl sites for hydroxylation is 1. The van der Waals surface area contributed by atoms with Gasteiger partial charge in [0.2, 0.25) is 0 Å². The van der Waals surface area contributed by atoms with Crippen LogP contribution in [0.2, 0.25) is 0 Å². The van der Waals surface area contributed by atoms with Crippen molar-refractivity contribution in [3.05, 3.63) is 35.4 Å². The predicted molar refractivity (Wildman–Crippen MR) is 61.9 cm³/mol. The van der Waals surface area contributed by atoms with Gasteiger partial charge in [-0.05, 0) is 24.1 Å². The number of hydrogen-bond acceptors (Lipinski definition) is 4. The summed E-state index contributed by atoms with van der Waals surface area (Å²) in [6.07, 6.45) is 0.0129. The van der Waals surface area contributed by atoms with Gasteiger partial charge in [0.15, 0.2) is 11.6 Å². The standard InChI is InChI=1S/C13H11F2NO4/c14-9-3-1-8(7-10(9)15)2-6-13(19)20-16-11(17)4-5-12(16)18/h1,3,7H,2,4-6H2. The Morgan fingerprint density at radius 3 is 2.40 bits per heavy atom. The zero-order valence-corrected chi connectivity index (χ0v) is 10.4. The Hall–Kier alpha value is -2.31. The number of nitrogens with zero attached hydrogens (tertiary/aromatic N) is 1. The summed E-state index contributed by atoms with van der Waals surface area (Å²) in [4.78, 5) is 38.5. The molecule has 1 aromatic carbocycles.